The van der Waals surface area contributed by atoms with Crippen LogP contribution < -0.4 is 44.6 Å². The zero-order valence-electron chi connectivity index (χ0n) is 28.8. The Bertz CT molecular complexity index is 1330. The topological polar surface area (TPSA) is 273 Å². The molecule has 4 aliphatic rings. The number of unbranched alkanes of at least 4 members (excludes halogenated alkanes) is 1. The number of amides is 5. The van der Waals surface area contributed by atoms with Crippen molar-refractivity contribution in [1.29, 1.82) is 0 Å². The van der Waals surface area contributed by atoms with Gasteiger partial charge in [-0.05, 0) is 112 Å². The molecule has 0 aromatic heterocycles. The lowest BCUT2D eigenvalue weighted by Gasteiger charge is -2.57. The molecular weight excluding hydrogens is 642 g/mol. The molecule has 4 aliphatic carbocycles. The minimum absolute atomic E-state index is 0.0980. The average Bonchev–Trinajstić information content (AvgIpc) is 3.04. The number of benzene rings is 1. The van der Waals surface area contributed by atoms with Crippen LogP contribution in [0, 0.1) is 23.2 Å². The predicted octanol–water partition coefficient (Wildman–Crippen LogP) is 0.422. The fourth-order valence-corrected chi connectivity index (χ4v) is 8.68. The van der Waals surface area contributed by atoms with Gasteiger partial charge in [0.1, 0.15) is 18.1 Å². The van der Waals surface area contributed by atoms with Gasteiger partial charge in [0.15, 0.2) is 12.1 Å². The highest BCUT2D eigenvalue weighted by Crippen LogP contribution is 2.61. The zero-order chi connectivity index (χ0) is 36.3. The van der Waals surface area contributed by atoms with E-state index in [9.17, 15) is 24.0 Å². The number of rotatable bonds is 20. The van der Waals surface area contributed by atoms with Gasteiger partial charge < -0.3 is 49.4 Å². The SMILES string of the molecule is NCCCC[C@H](NC(=O)[C@H](Cc1ccccc1)NC(=O)[C@@H](CCCN=C(N)N)NC(=O)[C@H](CC12CC3CC(CC(C3)C1)C2)OC(N)=O)C(N)=O. The lowest BCUT2D eigenvalue weighted by Crippen LogP contribution is -2.58. The van der Waals surface area contributed by atoms with E-state index in [0.717, 1.165) is 24.8 Å². The van der Waals surface area contributed by atoms with Crippen molar-refractivity contribution >= 4 is 35.7 Å². The normalized spacial score (nSPS) is 24.2. The van der Waals surface area contributed by atoms with Crippen LogP contribution in [0.25, 0.3) is 0 Å². The van der Waals surface area contributed by atoms with E-state index in [1.165, 1.54) is 19.3 Å². The van der Waals surface area contributed by atoms with Crippen LogP contribution in [-0.2, 0) is 30.3 Å². The monoisotopic (exact) mass is 697 g/mol. The smallest absolute Gasteiger partial charge is 0.405 e. The van der Waals surface area contributed by atoms with Crippen molar-refractivity contribution in [2.75, 3.05) is 13.1 Å². The molecule has 0 heterocycles. The van der Waals surface area contributed by atoms with E-state index in [4.69, 9.17) is 33.4 Å². The van der Waals surface area contributed by atoms with E-state index >= 15 is 0 Å². The minimum atomic E-state index is -1.19. The number of carbonyl (C=O) groups excluding carboxylic acids is 5. The average molecular weight is 698 g/mol. The van der Waals surface area contributed by atoms with Crippen molar-refractivity contribution in [3.63, 3.8) is 0 Å². The first-order valence-corrected chi connectivity index (χ1v) is 17.8. The summed E-state index contributed by atoms with van der Waals surface area (Å²) in [6, 6.07) is 5.83. The number of ether oxygens (including phenoxy) is 1. The molecule has 1 aromatic carbocycles. The highest BCUT2D eigenvalue weighted by atomic mass is 16.6. The second-order valence-corrected chi connectivity index (χ2v) is 14.6. The molecule has 13 N–H and O–H groups in total. The summed E-state index contributed by atoms with van der Waals surface area (Å²) in [5.41, 5.74) is 28.2. The van der Waals surface area contributed by atoms with Crippen LogP contribution in [0.15, 0.2) is 35.3 Å². The number of aliphatic imine (C=N–C) groups is 1. The molecule has 0 radical (unpaired) electrons. The number of hydrogen-bond acceptors (Lipinski definition) is 8. The van der Waals surface area contributed by atoms with E-state index in [0.29, 0.717) is 56.4 Å². The molecule has 5 amide bonds. The molecule has 0 unspecified atom stereocenters. The summed E-state index contributed by atoms with van der Waals surface area (Å²) in [6.07, 6.45) is 6.63. The fourth-order valence-electron chi connectivity index (χ4n) is 8.68. The molecule has 276 valence electrons. The first-order valence-electron chi connectivity index (χ1n) is 17.8. The molecule has 0 spiro atoms. The van der Waals surface area contributed by atoms with Gasteiger partial charge in [0, 0.05) is 13.0 Å². The summed E-state index contributed by atoms with van der Waals surface area (Å²) in [6.45, 7) is 0.615. The Labute approximate surface area is 293 Å². The summed E-state index contributed by atoms with van der Waals surface area (Å²) in [5, 5.41) is 8.25. The Hall–Kier alpha value is -4.40. The van der Waals surface area contributed by atoms with E-state index < -0.39 is 54.0 Å². The highest BCUT2D eigenvalue weighted by molar-refractivity contribution is 5.95. The summed E-state index contributed by atoms with van der Waals surface area (Å²) in [7, 11) is 0. The number of hydrogen-bond donors (Lipinski definition) is 8. The predicted molar refractivity (Wildman–Crippen MR) is 188 cm³/mol. The van der Waals surface area contributed by atoms with E-state index in [2.05, 4.69) is 20.9 Å². The van der Waals surface area contributed by atoms with Gasteiger partial charge in [0.05, 0.1) is 0 Å². The van der Waals surface area contributed by atoms with E-state index in [1.807, 2.05) is 18.2 Å². The van der Waals surface area contributed by atoms with Gasteiger partial charge in [-0.3, -0.25) is 24.2 Å². The van der Waals surface area contributed by atoms with Crippen molar-refractivity contribution in [2.24, 2.45) is 56.8 Å². The van der Waals surface area contributed by atoms with Crippen molar-refractivity contribution in [3.8, 4) is 0 Å². The van der Waals surface area contributed by atoms with Gasteiger partial charge in [-0.15, -0.1) is 0 Å². The van der Waals surface area contributed by atoms with E-state index in [-0.39, 0.29) is 30.8 Å². The third kappa shape index (κ3) is 11.3. The van der Waals surface area contributed by atoms with Gasteiger partial charge in [-0.1, -0.05) is 30.3 Å². The van der Waals surface area contributed by atoms with Crippen LogP contribution in [0.5, 0.6) is 0 Å². The maximum Gasteiger partial charge on any atom is 0.405 e. The molecule has 15 heteroatoms. The third-order valence-electron chi connectivity index (χ3n) is 10.4. The van der Waals surface area contributed by atoms with Crippen molar-refractivity contribution in [2.45, 2.75) is 108 Å². The Balaban J connectivity index is 1.52. The molecule has 1 aromatic rings. The maximum absolute atomic E-state index is 14.0. The van der Waals surface area contributed by atoms with Crippen LogP contribution in [0.3, 0.4) is 0 Å². The van der Waals surface area contributed by atoms with Gasteiger partial charge in [0.2, 0.25) is 17.7 Å². The van der Waals surface area contributed by atoms with Crippen LogP contribution in [0.4, 0.5) is 4.79 Å². The molecular formula is C35H55N9O6. The standard InChI is InChI=1S/C35H55N9O6/c36-11-5-4-9-25(29(37)45)42-31(47)27(16-21-7-2-1-3-8-21)44-30(46)26(10-6-12-41-33(38)39)43-32(48)28(50-34(40)49)20-35-17-22-13-23(18-35)15-24(14-22)19-35/h1-3,7-8,22-28H,4-6,9-20,36H2,(H2,37,45)(H2,40,49)(H,42,47)(H,43,48)(H,44,46)(H4,38,39,41)/t22?,23?,24?,25-,26+,27-,28-,35?/m0/s1. The zero-order valence-corrected chi connectivity index (χ0v) is 28.8. The molecule has 4 bridgehead atoms. The van der Waals surface area contributed by atoms with Crippen LogP contribution >= 0.6 is 0 Å². The maximum atomic E-state index is 14.0. The Kier molecular flexibility index (Phi) is 13.8. The molecule has 0 saturated heterocycles. The van der Waals surface area contributed by atoms with Crippen LogP contribution in [-0.4, -0.2) is 73.0 Å². The first-order chi connectivity index (χ1) is 23.9. The van der Waals surface area contributed by atoms with Gasteiger partial charge in [-0.2, -0.15) is 0 Å². The molecule has 4 atom stereocenters. The first kappa shape index (κ1) is 38.4. The molecule has 0 aliphatic heterocycles. The molecule has 15 nitrogen and oxygen atoms in total. The van der Waals surface area contributed by atoms with Gasteiger partial charge in [-0.25, -0.2) is 4.79 Å². The van der Waals surface area contributed by atoms with E-state index in [1.54, 1.807) is 12.1 Å². The second kappa shape index (κ2) is 18.0. The molecule has 50 heavy (non-hydrogen) atoms. The van der Waals surface area contributed by atoms with Crippen molar-refractivity contribution in [1.82, 2.24) is 16.0 Å². The Morgan fingerprint density at radius 2 is 1.32 bits per heavy atom. The Morgan fingerprint density at radius 1 is 0.760 bits per heavy atom. The number of primary amides is 2. The summed E-state index contributed by atoms with van der Waals surface area (Å²) in [5.74, 6) is -0.897. The fraction of sp³-hybridized carbons (Fsp3) is 0.657. The highest BCUT2D eigenvalue weighted by Gasteiger charge is 2.52. The molecule has 4 saturated carbocycles. The molecule has 5 rings (SSSR count). The largest absolute Gasteiger partial charge is 0.436 e. The lowest BCUT2D eigenvalue weighted by atomic mass is 9.48. The lowest BCUT2D eigenvalue weighted by molar-refractivity contribution is -0.139. The third-order valence-corrected chi connectivity index (χ3v) is 10.4. The van der Waals surface area contributed by atoms with Crippen LogP contribution in [0.2, 0.25) is 0 Å². The number of carbonyl (C=O) groups is 5. The number of nitrogens with one attached hydrogen (secondary N) is 3. The minimum Gasteiger partial charge on any atom is -0.436 e. The quantitative estimate of drug-likeness (QED) is 0.0532. The van der Waals surface area contributed by atoms with Crippen molar-refractivity contribution < 1.29 is 28.7 Å². The summed E-state index contributed by atoms with van der Waals surface area (Å²) in [4.78, 5) is 69.7. The van der Waals surface area contributed by atoms with Gasteiger partial charge >= 0.3 is 6.09 Å². The number of nitrogens with zero attached hydrogens (tertiary/aromatic N) is 1. The number of guanidine groups is 1. The molecule has 4 fully saturated rings. The van der Waals surface area contributed by atoms with Crippen molar-refractivity contribution in [3.05, 3.63) is 35.9 Å². The van der Waals surface area contributed by atoms with Gasteiger partial charge in [0.25, 0.3) is 5.91 Å². The second-order valence-electron chi connectivity index (χ2n) is 14.6. The number of nitrogens with two attached hydrogens (primary N) is 5. The van der Waals surface area contributed by atoms with Crippen LogP contribution in [0.1, 0.15) is 82.6 Å². The Morgan fingerprint density at radius 3 is 1.88 bits per heavy atom. The summed E-state index contributed by atoms with van der Waals surface area (Å²) < 4.78 is 5.42. The summed E-state index contributed by atoms with van der Waals surface area (Å²) >= 11 is 0.